The van der Waals surface area contributed by atoms with Crippen LogP contribution in [0.25, 0.3) is 22.5 Å². The number of nitrogens with zero attached hydrogens (tertiary/aromatic N) is 6. The molecule has 0 aliphatic heterocycles. The van der Waals surface area contributed by atoms with Gasteiger partial charge in [0.1, 0.15) is 12.4 Å². The van der Waals surface area contributed by atoms with Crippen LogP contribution in [0, 0.1) is 0 Å². The number of imidazole rings is 2. The summed E-state index contributed by atoms with van der Waals surface area (Å²) in [4.78, 5) is 41.8. The third kappa shape index (κ3) is 3.33. The van der Waals surface area contributed by atoms with Crippen LogP contribution in [0.3, 0.4) is 0 Å². The van der Waals surface area contributed by atoms with Crippen LogP contribution in [0.5, 0.6) is 0 Å². The minimum Gasteiger partial charge on any atom is -0.404 e. The van der Waals surface area contributed by atoms with Crippen molar-refractivity contribution >= 4 is 34.6 Å². The zero-order valence-corrected chi connectivity index (χ0v) is 15.5. The molecule has 142 valence electrons. The number of nitrogens with one attached hydrogen (secondary N) is 1. The van der Waals surface area contributed by atoms with E-state index in [1.165, 1.54) is 17.3 Å². The Morgan fingerprint density at radius 3 is 2.89 bits per heavy atom. The summed E-state index contributed by atoms with van der Waals surface area (Å²) in [6.07, 6.45) is 6.98. The van der Waals surface area contributed by atoms with Gasteiger partial charge in [-0.2, -0.15) is 0 Å². The third-order valence-corrected chi connectivity index (χ3v) is 4.09. The van der Waals surface area contributed by atoms with E-state index in [1.807, 2.05) is 6.92 Å². The lowest BCUT2D eigenvalue weighted by Crippen LogP contribution is -2.24. The molecule has 10 nitrogen and oxygen atoms in total. The van der Waals surface area contributed by atoms with Gasteiger partial charge in [-0.3, -0.25) is 23.5 Å². The molecule has 0 atom stereocenters. The molecule has 0 radical (unpaired) electrons. The van der Waals surface area contributed by atoms with E-state index < -0.39 is 0 Å². The molecule has 0 saturated carbocycles. The molecule has 0 unspecified atom stereocenters. The molecule has 3 aromatic rings. The number of carbonyl (C=O) groups is 1. The van der Waals surface area contributed by atoms with Gasteiger partial charge in [-0.25, -0.2) is 9.97 Å². The second-order valence-electron chi connectivity index (χ2n) is 6.22. The molecule has 0 aromatic carbocycles. The Labute approximate surface area is 155 Å². The molecular weight excluding hydrogens is 348 g/mol. The van der Waals surface area contributed by atoms with Crippen LogP contribution in [0.15, 0.2) is 28.4 Å². The van der Waals surface area contributed by atoms with Gasteiger partial charge in [-0.15, -0.1) is 0 Å². The Balaban J connectivity index is 2.05. The summed E-state index contributed by atoms with van der Waals surface area (Å²) in [7, 11) is 3.32. The molecule has 27 heavy (non-hydrogen) atoms. The fourth-order valence-corrected chi connectivity index (χ4v) is 2.68. The van der Waals surface area contributed by atoms with E-state index in [2.05, 4.69) is 19.9 Å². The first kappa shape index (κ1) is 18.4. The average molecular weight is 370 g/mol. The summed E-state index contributed by atoms with van der Waals surface area (Å²) in [5, 5.41) is 0. The first-order valence-corrected chi connectivity index (χ1v) is 8.55. The minimum absolute atomic E-state index is 0.000357. The van der Waals surface area contributed by atoms with Crippen molar-refractivity contribution < 1.29 is 4.79 Å². The summed E-state index contributed by atoms with van der Waals surface area (Å²) in [6.45, 7) is 2.55. The number of fused-ring (bicyclic) bond motifs is 3. The van der Waals surface area contributed by atoms with E-state index in [4.69, 9.17) is 5.73 Å². The first-order valence-electron chi connectivity index (χ1n) is 8.55. The molecule has 0 saturated heterocycles. The number of aliphatic imine (C=N–C) groups is 1. The highest BCUT2D eigenvalue weighted by Gasteiger charge is 2.16. The Hall–Kier alpha value is -3.43. The Kier molecular flexibility index (Phi) is 5.06. The van der Waals surface area contributed by atoms with Crippen molar-refractivity contribution in [3.8, 4) is 0 Å². The predicted octanol–water partition coefficient (Wildman–Crippen LogP) is 0.241. The molecule has 0 aliphatic carbocycles. The third-order valence-electron chi connectivity index (χ3n) is 4.09. The molecular formula is C17H22N8O2. The van der Waals surface area contributed by atoms with E-state index in [0.717, 1.165) is 6.42 Å². The van der Waals surface area contributed by atoms with Crippen LogP contribution in [0.4, 0.5) is 0 Å². The lowest BCUT2D eigenvalue weighted by molar-refractivity contribution is -0.127. The van der Waals surface area contributed by atoms with Gasteiger partial charge in [0.25, 0.3) is 5.56 Å². The Morgan fingerprint density at radius 2 is 2.22 bits per heavy atom. The predicted molar refractivity (Wildman–Crippen MR) is 104 cm³/mol. The van der Waals surface area contributed by atoms with Crippen LogP contribution in [-0.4, -0.2) is 61.6 Å². The molecule has 3 rings (SSSR count). The van der Waals surface area contributed by atoms with Crippen LogP contribution < -0.4 is 11.3 Å². The topological polar surface area (TPSA) is 127 Å². The number of hydrogen-bond donors (Lipinski definition) is 2. The molecule has 3 N–H and O–H groups in total. The molecule has 3 aromatic heterocycles. The summed E-state index contributed by atoms with van der Waals surface area (Å²) in [5.74, 6) is 0.806. The van der Waals surface area contributed by atoms with Crippen molar-refractivity contribution in [2.24, 2.45) is 10.7 Å². The number of carbonyl (C=O) groups excluding carboxylic acids is 1. The number of hydrogen-bond acceptors (Lipinski definition) is 6. The second kappa shape index (κ2) is 7.44. The van der Waals surface area contributed by atoms with E-state index in [1.54, 1.807) is 35.5 Å². The van der Waals surface area contributed by atoms with Gasteiger partial charge in [-0.05, 0) is 6.42 Å². The van der Waals surface area contributed by atoms with Crippen molar-refractivity contribution in [1.82, 2.24) is 28.8 Å². The van der Waals surface area contributed by atoms with Gasteiger partial charge in [0.05, 0.1) is 5.57 Å². The summed E-state index contributed by atoms with van der Waals surface area (Å²) >= 11 is 0. The highest BCUT2D eigenvalue weighted by atomic mass is 16.2. The number of allylic oxidation sites excluding steroid dienone is 1. The number of H-pyrrole nitrogens is 1. The number of aromatic nitrogens is 5. The maximum Gasteiger partial charge on any atom is 0.280 e. The lowest BCUT2D eigenvalue weighted by Gasteiger charge is -2.06. The van der Waals surface area contributed by atoms with Crippen molar-refractivity contribution in [3.63, 3.8) is 0 Å². The molecule has 0 fully saturated rings. The number of aromatic amines is 1. The van der Waals surface area contributed by atoms with Gasteiger partial charge in [0.15, 0.2) is 11.2 Å². The Bertz CT molecular complexity index is 1100. The van der Waals surface area contributed by atoms with E-state index >= 15 is 0 Å². The van der Waals surface area contributed by atoms with Gasteiger partial charge in [-0.1, -0.05) is 6.92 Å². The number of nitrogens with two attached hydrogens (primary N) is 1. The standard InChI is InChI=1S/C17H22N8O2/c1-4-6-25-16(27)13-15(24-7-5-20-17(24)25)22-14(21-13)11(8-18)9-19-10-12(26)23(2)3/h5,7-9H,4,6,10,18H2,1-3H3,(H,21,22). The van der Waals surface area contributed by atoms with E-state index in [9.17, 15) is 9.59 Å². The van der Waals surface area contributed by atoms with Gasteiger partial charge in [0, 0.05) is 45.4 Å². The quantitative estimate of drug-likeness (QED) is 0.601. The number of amides is 1. The second-order valence-corrected chi connectivity index (χ2v) is 6.22. The highest BCUT2D eigenvalue weighted by Crippen LogP contribution is 2.15. The first-order chi connectivity index (χ1) is 13.0. The van der Waals surface area contributed by atoms with Gasteiger partial charge < -0.3 is 15.6 Å². The fourth-order valence-electron chi connectivity index (χ4n) is 2.68. The van der Waals surface area contributed by atoms with Crippen molar-refractivity contribution in [2.45, 2.75) is 19.9 Å². The van der Waals surface area contributed by atoms with Crippen molar-refractivity contribution in [1.29, 1.82) is 0 Å². The van der Waals surface area contributed by atoms with Crippen LogP contribution in [-0.2, 0) is 11.3 Å². The van der Waals surface area contributed by atoms with Crippen molar-refractivity contribution in [2.75, 3.05) is 20.6 Å². The molecule has 0 bridgehead atoms. The minimum atomic E-state index is -0.194. The van der Waals surface area contributed by atoms with E-state index in [0.29, 0.717) is 34.9 Å². The van der Waals surface area contributed by atoms with Crippen LogP contribution >= 0.6 is 0 Å². The fraction of sp³-hybridized carbons (Fsp3) is 0.353. The zero-order chi connectivity index (χ0) is 19.6. The Morgan fingerprint density at radius 1 is 1.44 bits per heavy atom. The highest BCUT2D eigenvalue weighted by molar-refractivity contribution is 6.09. The number of likely N-dealkylation sites (N-methyl/N-ethyl adjacent to an activating group) is 1. The lowest BCUT2D eigenvalue weighted by atomic mass is 10.3. The van der Waals surface area contributed by atoms with Crippen LogP contribution in [0.2, 0.25) is 0 Å². The molecule has 0 aliphatic rings. The number of aryl methyl sites for hydroxylation is 1. The van der Waals surface area contributed by atoms with Crippen LogP contribution in [0.1, 0.15) is 19.2 Å². The smallest absolute Gasteiger partial charge is 0.280 e. The largest absolute Gasteiger partial charge is 0.404 e. The molecule has 3 heterocycles. The summed E-state index contributed by atoms with van der Waals surface area (Å²) in [5.41, 5.74) is 6.81. The summed E-state index contributed by atoms with van der Waals surface area (Å²) < 4.78 is 3.37. The SMILES string of the molecule is CCCn1c(=O)c2[nH]c(C(C=NCC(=O)N(C)C)=CN)nc2n2ccnc12. The summed E-state index contributed by atoms with van der Waals surface area (Å²) in [6, 6.07) is 0. The van der Waals surface area contributed by atoms with Gasteiger partial charge in [0.2, 0.25) is 11.7 Å². The monoisotopic (exact) mass is 370 g/mol. The normalized spacial score (nSPS) is 12.5. The molecule has 1 amide bonds. The zero-order valence-electron chi connectivity index (χ0n) is 15.5. The van der Waals surface area contributed by atoms with Crippen molar-refractivity contribution in [3.05, 3.63) is 34.8 Å². The maximum absolute atomic E-state index is 12.8. The number of rotatable bonds is 6. The molecule has 10 heteroatoms. The van der Waals surface area contributed by atoms with E-state index in [-0.39, 0.29) is 18.0 Å². The maximum atomic E-state index is 12.8. The van der Waals surface area contributed by atoms with Gasteiger partial charge >= 0.3 is 0 Å². The average Bonchev–Trinajstić information content (AvgIpc) is 3.28. The molecule has 0 spiro atoms.